The van der Waals surface area contributed by atoms with Gasteiger partial charge in [0.15, 0.2) is 11.6 Å². The number of likely N-dealkylation sites (N-methyl/N-ethyl adjacent to an activating group) is 1. The first kappa shape index (κ1) is 16.8. The van der Waals surface area contributed by atoms with E-state index < -0.39 is 17.4 Å². The number of hydrogen-bond donors (Lipinski definition) is 1. The van der Waals surface area contributed by atoms with E-state index in [0.717, 1.165) is 0 Å². The third-order valence-electron chi connectivity index (χ3n) is 4.08. The molecule has 2 aromatic rings. The van der Waals surface area contributed by atoms with Gasteiger partial charge in [-0.1, -0.05) is 12.1 Å². The molecule has 0 saturated carbocycles. The number of rotatable bonds is 4. The molecule has 0 radical (unpaired) electrons. The zero-order valence-electron chi connectivity index (χ0n) is 14.3. The number of ether oxygens (including phenoxy) is 2. The maximum Gasteiger partial charge on any atom is 0.282 e. The second-order valence-corrected chi connectivity index (χ2v) is 5.66. The lowest BCUT2D eigenvalue weighted by molar-refractivity contribution is -0.145. The van der Waals surface area contributed by atoms with Crippen LogP contribution in [0.5, 0.6) is 11.5 Å². The molecular weight excluding hydrogens is 322 g/mol. The number of carbonyl (C=O) groups is 2. The maximum absolute atomic E-state index is 12.9. The van der Waals surface area contributed by atoms with Gasteiger partial charge in [-0.05, 0) is 38.1 Å². The van der Waals surface area contributed by atoms with E-state index in [1.54, 1.807) is 42.6 Å². The average Bonchev–Trinajstić information content (AvgIpc) is 2.63. The Morgan fingerprint density at radius 3 is 2.80 bits per heavy atom. The molecule has 0 spiro atoms. The number of para-hydroxylation sites is 2. The van der Waals surface area contributed by atoms with Crippen molar-refractivity contribution in [3.63, 3.8) is 0 Å². The molecule has 7 heteroatoms. The highest BCUT2D eigenvalue weighted by atomic mass is 16.5. The smallest absolute Gasteiger partial charge is 0.282 e. The van der Waals surface area contributed by atoms with Gasteiger partial charge < -0.3 is 14.8 Å². The van der Waals surface area contributed by atoms with Gasteiger partial charge in [0.25, 0.3) is 17.4 Å². The van der Waals surface area contributed by atoms with Gasteiger partial charge in [-0.3, -0.25) is 14.5 Å². The number of fused-ring (bicyclic) bond motifs is 1. The standard InChI is InChI=1S/C18H19N3O4/c1-4-21-15-14(10-7-11-19-15)25-18(2,17(21)23)16(22)20-12-8-5-6-9-13(12)24-3/h5-11H,4H2,1-3H3,(H,20,22). The van der Waals surface area contributed by atoms with Crippen molar-refractivity contribution >= 4 is 23.3 Å². The Hall–Kier alpha value is -3.09. The quantitative estimate of drug-likeness (QED) is 0.863. The number of nitrogens with one attached hydrogen (secondary N) is 1. The van der Waals surface area contributed by atoms with Crippen LogP contribution in [0.3, 0.4) is 0 Å². The topological polar surface area (TPSA) is 80.8 Å². The van der Waals surface area contributed by atoms with Crippen molar-refractivity contribution in [1.82, 2.24) is 4.98 Å². The number of carbonyl (C=O) groups excluding carboxylic acids is 2. The van der Waals surface area contributed by atoms with Crippen LogP contribution < -0.4 is 19.7 Å². The fourth-order valence-electron chi connectivity index (χ4n) is 2.71. The normalized spacial score (nSPS) is 19.0. The summed E-state index contributed by atoms with van der Waals surface area (Å²) in [6.45, 7) is 3.66. The highest BCUT2D eigenvalue weighted by molar-refractivity contribution is 6.19. The van der Waals surface area contributed by atoms with Crippen LogP contribution in [0.1, 0.15) is 13.8 Å². The van der Waals surface area contributed by atoms with Crippen molar-refractivity contribution in [2.24, 2.45) is 0 Å². The highest BCUT2D eigenvalue weighted by Crippen LogP contribution is 2.36. The van der Waals surface area contributed by atoms with Gasteiger partial charge >= 0.3 is 0 Å². The molecule has 1 atom stereocenters. The summed E-state index contributed by atoms with van der Waals surface area (Å²) in [4.78, 5) is 31.4. The largest absolute Gasteiger partial charge is 0.495 e. The molecule has 0 fully saturated rings. The van der Waals surface area contributed by atoms with Crippen molar-refractivity contribution in [2.45, 2.75) is 19.4 Å². The van der Waals surface area contributed by atoms with E-state index in [9.17, 15) is 9.59 Å². The Labute approximate surface area is 145 Å². The molecular formula is C18H19N3O4. The first-order valence-corrected chi connectivity index (χ1v) is 7.91. The molecule has 130 valence electrons. The van der Waals surface area contributed by atoms with Gasteiger partial charge in [-0.25, -0.2) is 4.98 Å². The molecule has 1 unspecified atom stereocenters. The van der Waals surface area contributed by atoms with Gasteiger partial charge in [0.2, 0.25) is 0 Å². The van der Waals surface area contributed by atoms with Gasteiger partial charge in [0.1, 0.15) is 5.75 Å². The molecule has 1 aromatic carbocycles. The van der Waals surface area contributed by atoms with Crippen LogP contribution in [-0.2, 0) is 9.59 Å². The number of anilines is 2. The Morgan fingerprint density at radius 2 is 2.08 bits per heavy atom. The number of benzene rings is 1. The van der Waals surface area contributed by atoms with Crippen molar-refractivity contribution in [2.75, 3.05) is 23.9 Å². The Bertz CT molecular complexity index is 823. The SMILES string of the molecule is CCN1C(=O)C(C)(C(=O)Nc2ccccc2OC)Oc2cccnc21. The molecule has 1 aromatic heterocycles. The van der Waals surface area contributed by atoms with E-state index in [0.29, 0.717) is 29.5 Å². The number of hydrogen-bond acceptors (Lipinski definition) is 5. The van der Waals surface area contributed by atoms with Crippen molar-refractivity contribution in [1.29, 1.82) is 0 Å². The van der Waals surface area contributed by atoms with E-state index >= 15 is 0 Å². The number of pyridine rings is 1. The summed E-state index contributed by atoms with van der Waals surface area (Å²) in [6, 6.07) is 10.4. The first-order valence-electron chi connectivity index (χ1n) is 7.91. The Balaban J connectivity index is 1.95. The van der Waals surface area contributed by atoms with Crippen LogP contribution in [-0.4, -0.2) is 36.1 Å². The minimum atomic E-state index is -1.70. The molecule has 0 bridgehead atoms. The first-order chi connectivity index (χ1) is 12.0. The minimum absolute atomic E-state index is 0.379. The molecule has 0 aliphatic carbocycles. The van der Waals surface area contributed by atoms with Crippen LogP contribution in [0.4, 0.5) is 11.5 Å². The predicted molar refractivity (Wildman–Crippen MR) is 92.9 cm³/mol. The lowest BCUT2D eigenvalue weighted by atomic mass is 10.0. The minimum Gasteiger partial charge on any atom is -0.495 e. The van der Waals surface area contributed by atoms with E-state index in [2.05, 4.69) is 10.3 Å². The second kappa shape index (κ2) is 6.43. The average molecular weight is 341 g/mol. The Kier molecular flexibility index (Phi) is 4.31. The van der Waals surface area contributed by atoms with Crippen LogP contribution in [0.25, 0.3) is 0 Å². The molecule has 1 aliphatic heterocycles. The summed E-state index contributed by atoms with van der Waals surface area (Å²) < 4.78 is 11.0. The molecule has 0 saturated heterocycles. The van der Waals surface area contributed by atoms with Crippen LogP contribution in [0.15, 0.2) is 42.6 Å². The summed E-state index contributed by atoms with van der Waals surface area (Å²) in [7, 11) is 1.51. The number of nitrogens with zero attached hydrogens (tertiary/aromatic N) is 2. The zero-order valence-corrected chi connectivity index (χ0v) is 14.3. The molecule has 25 heavy (non-hydrogen) atoms. The number of methoxy groups -OCH3 is 1. The van der Waals surface area contributed by atoms with E-state index in [-0.39, 0.29) is 0 Å². The molecule has 1 N–H and O–H groups in total. The lowest BCUT2D eigenvalue weighted by Gasteiger charge is -2.38. The molecule has 3 rings (SSSR count). The molecule has 2 amide bonds. The van der Waals surface area contributed by atoms with E-state index in [1.165, 1.54) is 18.9 Å². The summed E-state index contributed by atoms with van der Waals surface area (Å²) in [5.41, 5.74) is -1.24. The third-order valence-corrected chi connectivity index (χ3v) is 4.08. The predicted octanol–water partition coefficient (Wildman–Crippen LogP) is 2.23. The van der Waals surface area contributed by atoms with E-state index in [4.69, 9.17) is 9.47 Å². The molecule has 7 nitrogen and oxygen atoms in total. The Morgan fingerprint density at radius 1 is 1.32 bits per heavy atom. The zero-order chi connectivity index (χ0) is 18.0. The summed E-state index contributed by atoms with van der Waals surface area (Å²) in [5, 5.41) is 2.72. The van der Waals surface area contributed by atoms with Crippen molar-refractivity contribution < 1.29 is 19.1 Å². The van der Waals surface area contributed by atoms with Crippen LogP contribution in [0, 0.1) is 0 Å². The van der Waals surface area contributed by atoms with Gasteiger partial charge in [0.05, 0.1) is 12.8 Å². The monoisotopic (exact) mass is 341 g/mol. The summed E-state index contributed by atoms with van der Waals surface area (Å²) in [5.74, 6) is 0.264. The van der Waals surface area contributed by atoms with Crippen LogP contribution in [0.2, 0.25) is 0 Å². The van der Waals surface area contributed by atoms with Crippen molar-refractivity contribution in [3.8, 4) is 11.5 Å². The fourth-order valence-corrected chi connectivity index (χ4v) is 2.71. The maximum atomic E-state index is 12.9. The summed E-state index contributed by atoms with van der Waals surface area (Å²) in [6.07, 6.45) is 1.58. The van der Waals surface area contributed by atoms with Gasteiger partial charge in [0, 0.05) is 12.7 Å². The third kappa shape index (κ3) is 2.77. The fraction of sp³-hybridized carbons (Fsp3) is 0.278. The number of amides is 2. The molecule has 2 heterocycles. The molecule has 1 aliphatic rings. The summed E-state index contributed by atoms with van der Waals surface area (Å²) >= 11 is 0. The highest BCUT2D eigenvalue weighted by Gasteiger charge is 2.51. The number of aromatic nitrogens is 1. The van der Waals surface area contributed by atoms with Gasteiger partial charge in [-0.15, -0.1) is 0 Å². The van der Waals surface area contributed by atoms with Crippen molar-refractivity contribution in [3.05, 3.63) is 42.6 Å². The van der Waals surface area contributed by atoms with Crippen LogP contribution >= 0.6 is 0 Å². The van der Waals surface area contributed by atoms with Gasteiger partial charge in [-0.2, -0.15) is 0 Å². The van der Waals surface area contributed by atoms with E-state index in [1.807, 2.05) is 6.92 Å². The second-order valence-electron chi connectivity index (χ2n) is 5.66. The lowest BCUT2D eigenvalue weighted by Crippen LogP contribution is -2.60.